The van der Waals surface area contributed by atoms with Crippen LogP contribution in [-0.4, -0.2) is 49.1 Å². The first-order valence-corrected chi connectivity index (χ1v) is 9.57. The monoisotopic (exact) mass is 382 g/mol. The lowest BCUT2D eigenvalue weighted by molar-refractivity contribution is -0.115. The molecule has 1 aliphatic rings. The van der Waals surface area contributed by atoms with E-state index in [1.807, 2.05) is 38.1 Å². The van der Waals surface area contributed by atoms with Crippen molar-refractivity contribution in [2.45, 2.75) is 26.4 Å². The predicted molar refractivity (Wildman–Crippen MR) is 108 cm³/mol. The third-order valence-electron chi connectivity index (χ3n) is 4.54. The first kappa shape index (κ1) is 19.9. The fourth-order valence-corrected chi connectivity index (χ4v) is 3.14. The van der Waals surface area contributed by atoms with Gasteiger partial charge in [-0.1, -0.05) is 12.1 Å². The van der Waals surface area contributed by atoms with Crippen LogP contribution in [0.1, 0.15) is 29.8 Å². The van der Waals surface area contributed by atoms with Crippen molar-refractivity contribution in [3.8, 4) is 5.75 Å². The van der Waals surface area contributed by atoms with E-state index in [2.05, 4.69) is 5.32 Å². The summed E-state index contributed by atoms with van der Waals surface area (Å²) >= 11 is 0. The molecule has 2 aromatic rings. The van der Waals surface area contributed by atoms with Crippen LogP contribution in [0.3, 0.4) is 0 Å². The summed E-state index contributed by atoms with van der Waals surface area (Å²) in [6.07, 6.45) is 0.331. The summed E-state index contributed by atoms with van der Waals surface area (Å²) in [7, 11) is 0. The predicted octanol–water partition coefficient (Wildman–Crippen LogP) is 3.13. The van der Waals surface area contributed by atoms with Crippen LogP contribution in [0.25, 0.3) is 0 Å². The van der Waals surface area contributed by atoms with Crippen LogP contribution in [0, 0.1) is 0 Å². The van der Waals surface area contributed by atoms with Crippen LogP contribution >= 0.6 is 0 Å². The molecule has 1 fully saturated rings. The summed E-state index contributed by atoms with van der Waals surface area (Å²) in [6.45, 7) is 6.27. The molecule has 0 radical (unpaired) electrons. The topological polar surface area (TPSA) is 67.9 Å². The SMILES string of the molecule is CCOc1ccc(CC(=O)Nc2ccc(C(=O)N3CCOC(C)C3)cc2)cc1. The van der Waals surface area contributed by atoms with Gasteiger partial charge in [-0.2, -0.15) is 0 Å². The smallest absolute Gasteiger partial charge is 0.254 e. The van der Waals surface area contributed by atoms with Gasteiger partial charge in [0.15, 0.2) is 0 Å². The van der Waals surface area contributed by atoms with Gasteiger partial charge in [-0.05, 0) is 55.8 Å². The summed E-state index contributed by atoms with van der Waals surface area (Å²) in [5.74, 6) is 0.675. The molecule has 0 spiro atoms. The second-order valence-electron chi connectivity index (χ2n) is 6.81. The van der Waals surface area contributed by atoms with E-state index in [0.29, 0.717) is 37.6 Å². The lowest BCUT2D eigenvalue weighted by Crippen LogP contribution is -2.44. The molecule has 6 nitrogen and oxygen atoms in total. The molecule has 2 amide bonds. The van der Waals surface area contributed by atoms with Gasteiger partial charge >= 0.3 is 0 Å². The number of carbonyl (C=O) groups is 2. The van der Waals surface area contributed by atoms with Gasteiger partial charge in [-0.15, -0.1) is 0 Å². The van der Waals surface area contributed by atoms with E-state index in [0.717, 1.165) is 11.3 Å². The van der Waals surface area contributed by atoms with Crippen LogP contribution < -0.4 is 10.1 Å². The largest absolute Gasteiger partial charge is 0.494 e. The van der Waals surface area contributed by atoms with Gasteiger partial charge in [0.1, 0.15) is 5.75 Å². The zero-order valence-electron chi connectivity index (χ0n) is 16.3. The standard InChI is InChI=1S/C22H26N2O4/c1-3-27-20-10-4-17(5-11-20)14-21(25)23-19-8-6-18(7-9-19)22(26)24-12-13-28-16(2)15-24/h4-11,16H,3,12-15H2,1-2H3,(H,23,25). The first-order chi connectivity index (χ1) is 13.5. The number of carbonyl (C=O) groups excluding carboxylic acids is 2. The van der Waals surface area contributed by atoms with Gasteiger partial charge in [0.05, 0.1) is 25.7 Å². The first-order valence-electron chi connectivity index (χ1n) is 9.57. The fourth-order valence-electron chi connectivity index (χ4n) is 3.14. The van der Waals surface area contributed by atoms with Crippen molar-refractivity contribution >= 4 is 17.5 Å². The summed E-state index contributed by atoms with van der Waals surface area (Å²) < 4.78 is 10.9. The molecule has 6 heteroatoms. The molecule has 148 valence electrons. The van der Waals surface area contributed by atoms with E-state index in [9.17, 15) is 9.59 Å². The maximum Gasteiger partial charge on any atom is 0.254 e. The normalized spacial score (nSPS) is 16.5. The van der Waals surface area contributed by atoms with E-state index in [1.165, 1.54) is 0 Å². The molecule has 1 aliphatic heterocycles. The number of amides is 2. The van der Waals surface area contributed by atoms with Crippen molar-refractivity contribution in [3.63, 3.8) is 0 Å². The van der Waals surface area contributed by atoms with Gasteiger partial charge in [0.25, 0.3) is 5.91 Å². The second kappa shape index (κ2) is 9.37. The number of morpholine rings is 1. The number of rotatable bonds is 6. The summed E-state index contributed by atoms with van der Waals surface area (Å²) in [4.78, 5) is 26.6. The molecule has 1 atom stereocenters. The Balaban J connectivity index is 1.54. The van der Waals surface area contributed by atoms with E-state index in [4.69, 9.17) is 9.47 Å². The number of hydrogen-bond acceptors (Lipinski definition) is 4. The van der Waals surface area contributed by atoms with Crippen molar-refractivity contribution in [1.82, 2.24) is 4.90 Å². The Bertz CT molecular complexity index is 802. The lowest BCUT2D eigenvalue weighted by Gasteiger charge is -2.31. The zero-order valence-corrected chi connectivity index (χ0v) is 16.3. The van der Waals surface area contributed by atoms with Crippen molar-refractivity contribution in [2.24, 2.45) is 0 Å². The van der Waals surface area contributed by atoms with Crippen LogP contribution in [0.2, 0.25) is 0 Å². The maximum atomic E-state index is 12.6. The van der Waals surface area contributed by atoms with E-state index in [-0.39, 0.29) is 24.3 Å². The maximum absolute atomic E-state index is 12.6. The summed E-state index contributed by atoms with van der Waals surface area (Å²) in [5, 5.41) is 2.87. The summed E-state index contributed by atoms with van der Waals surface area (Å²) in [5.41, 5.74) is 2.19. The van der Waals surface area contributed by atoms with Crippen molar-refractivity contribution < 1.29 is 19.1 Å². The Labute approximate surface area is 165 Å². The molecule has 1 N–H and O–H groups in total. The Hall–Kier alpha value is -2.86. The highest BCUT2D eigenvalue weighted by Gasteiger charge is 2.22. The molecule has 3 rings (SSSR count). The highest BCUT2D eigenvalue weighted by atomic mass is 16.5. The molecule has 0 aromatic heterocycles. The third kappa shape index (κ3) is 5.33. The molecule has 28 heavy (non-hydrogen) atoms. The highest BCUT2D eigenvalue weighted by molar-refractivity contribution is 5.96. The number of anilines is 1. The molecule has 1 saturated heterocycles. The van der Waals surface area contributed by atoms with Crippen LogP contribution in [-0.2, 0) is 16.0 Å². The average Bonchev–Trinajstić information content (AvgIpc) is 2.70. The Morgan fingerprint density at radius 1 is 1.14 bits per heavy atom. The van der Waals surface area contributed by atoms with Gasteiger partial charge < -0.3 is 19.7 Å². The number of benzene rings is 2. The molecule has 2 aromatic carbocycles. The average molecular weight is 382 g/mol. The molecule has 0 aliphatic carbocycles. The van der Waals surface area contributed by atoms with Crippen molar-refractivity contribution in [3.05, 3.63) is 59.7 Å². The van der Waals surface area contributed by atoms with Crippen LogP contribution in [0.4, 0.5) is 5.69 Å². The minimum atomic E-state index is -0.106. The van der Waals surface area contributed by atoms with Crippen LogP contribution in [0.5, 0.6) is 5.75 Å². The number of hydrogen-bond donors (Lipinski definition) is 1. The minimum absolute atomic E-state index is 0.0117. The van der Waals surface area contributed by atoms with Gasteiger partial charge in [-0.3, -0.25) is 9.59 Å². The molecule has 1 unspecified atom stereocenters. The Morgan fingerprint density at radius 3 is 2.50 bits per heavy atom. The number of nitrogens with one attached hydrogen (secondary N) is 1. The molecule has 1 heterocycles. The second-order valence-corrected chi connectivity index (χ2v) is 6.81. The molecular formula is C22H26N2O4. The fraction of sp³-hybridized carbons (Fsp3) is 0.364. The van der Waals surface area contributed by atoms with Gasteiger partial charge in [-0.25, -0.2) is 0 Å². The Morgan fingerprint density at radius 2 is 1.86 bits per heavy atom. The number of ether oxygens (including phenoxy) is 2. The van der Waals surface area contributed by atoms with Crippen LogP contribution in [0.15, 0.2) is 48.5 Å². The lowest BCUT2D eigenvalue weighted by atomic mass is 10.1. The number of nitrogens with zero attached hydrogens (tertiary/aromatic N) is 1. The zero-order chi connectivity index (χ0) is 19.9. The quantitative estimate of drug-likeness (QED) is 0.834. The van der Waals surface area contributed by atoms with Gasteiger partial charge in [0, 0.05) is 24.3 Å². The van der Waals surface area contributed by atoms with E-state index >= 15 is 0 Å². The molecular weight excluding hydrogens is 356 g/mol. The van der Waals surface area contributed by atoms with E-state index < -0.39 is 0 Å². The molecule has 0 bridgehead atoms. The van der Waals surface area contributed by atoms with Crippen molar-refractivity contribution in [2.75, 3.05) is 31.6 Å². The minimum Gasteiger partial charge on any atom is -0.494 e. The van der Waals surface area contributed by atoms with Crippen molar-refractivity contribution in [1.29, 1.82) is 0 Å². The van der Waals surface area contributed by atoms with E-state index in [1.54, 1.807) is 29.2 Å². The summed E-state index contributed by atoms with van der Waals surface area (Å²) in [6, 6.07) is 14.5. The third-order valence-corrected chi connectivity index (χ3v) is 4.54. The Kier molecular flexibility index (Phi) is 6.66. The molecule has 0 saturated carbocycles. The van der Waals surface area contributed by atoms with Gasteiger partial charge in [0.2, 0.25) is 5.91 Å². The highest BCUT2D eigenvalue weighted by Crippen LogP contribution is 2.16.